The zero-order valence-electron chi connectivity index (χ0n) is 22.5. The molecule has 0 heterocycles. The first kappa shape index (κ1) is 25.7. The zero-order valence-corrected chi connectivity index (χ0v) is 22.5. The van der Waals surface area contributed by atoms with Crippen molar-refractivity contribution < 1.29 is 0 Å². The molecule has 0 aliphatic carbocycles. The molecule has 0 bridgehead atoms. The maximum absolute atomic E-state index is 2.42. The van der Waals surface area contributed by atoms with Gasteiger partial charge in [0.2, 0.25) is 0 Å². The Morgan fingerprint density at radius 1 is 0.559 bits per heavy atom. The van der Waals surface area contributed by atoms with Crippen LogP contribution in [0, 0.1) is 13.8 Å². The van der Waals surface area contributed by atoms with Crippen molar-refractivity contribution in [3.8, 4) is 0 Å². The molecule has 0 aromatic heterocycles. The Balaban J connectivity index is 2.14. The largest absolute Gasteiger partial charge is 0.378 e. The number of aryl methyl sites for hydroxylation is 2. The van der Waals surface area contributed by atoms with Gasteiger partial charge in [-0.1, -0.05) is 24.3 Å². The molecule has 0 saturated heterocycles. The summed E-state index contributed by atoms with van der Waals surface area (Å²) in [6.07, 6.45) is 0. The van der Waals surface area contributed by atoms with Crippen LogP contribution < -0.4 is 14.7 Å². The molecule has 0 spiro atoms. The van der Waals surface area contributed by atoms with Gasteiger partial charge < -0.3 is 14.7 Å². The first-order chi connectivity index (χ1) is 16.3. The Morgan fingerprint density at radius 2 is 0.941 bits per heavy atom. The normalized spacial score (nSPS) is 11.1. The van der Waals surface area contributed by atoms with Gasteiger partial charge in [-0.2, -0.15) is 0 Å². The van der Waals surface area contributed by atoms with Crippen molar-refractivity contribution in [3.05, 3.63) is 88.5 Å². The van der Waals surface area contributed by atoms with Gasteiger partial charge in [0.05, 0.1) is 0 Å². The summed E-state index contributed by atoms with van der Waals surface area (Å²) < 4.78 is 0. The molecule has 0 aliphatic rings. The maximum Gasteiger partial charge on any atom is 0.0368 e. The highest BCUT2D eigenvalue weighted by molar-refractivity contribution is 5.59. The van der Waals surface area contributed by atoms with Gasteiger partial charge in [0, 0.05) is 63.3 Å². The molecule has 34 heavy (non-hydrogen) atoms. The van der Waals surface area contributed by atoms with E-state index in [0.717, 1.165) is 26.2 Å². The number of anilines is 3. The Labute approximate surface area is 208 Å². The summed E-state index contributed by atoms with van der Waals surface area (Å²) in [5.74, 6) is 0.202. The second kappa shape index (κ2) is 11.5. The van der Waals surface area contributed by atoms with Gasteiger partial charge in [0.1, 0.15) is 0 Å². The topological polar surface area (TPSA) is 9.72 Å². The Bertz CT molecular complexity index is 999. The van der Waals surface area contributed by atoms with Crippen LogP contribution in [0.4, 0.5) is 17.1 Å². The summed E-state index contributed by atoms with van der Waals surface area (Å²) in [5, 5.41) is 0. The molecule has 0 saturated carbocycles. The Hall–Kier alpha value is -2.94. The molecule has 182 valence electrons. The van der Waals surface area contributed by atoms with Crippen LogP contribution in [0.2, 0.25) is 0 Å². The van der Waals surface area contributed by atoms with E-state index in [1.807, 2.05) is 0 Å². The van der Waals surface area contributed by atoms with Gasteiger partial charge in [-0.3, -0.25) is 0 Å². The van der Waals surface area contributed by atoms with Crippen LogP contribution in [-0.2, 0) is 0 Å². The van der Waals surface area contributed by atoms with E-state index in [9.17, 15) is 0 Å². The minimum atomic E-state index is 0.202. The molecule has 3 nitrogen and oxygen atoms in total. The molecule has 0 fully saturated rings. The lowest BCUT2D eigenvalue weighted by Gasteiger charge is -2.28. The molecule has 3 heteroatoms. The summed E-state index contributed by atoms with van der Waals surface area (Å²) in [6.45, 7) is 17.5. The first-order valence-corrected chi connectivity index (χ1v) is 12.8. The van der Waals surface area contributed by atoms with Crippen LogP contribution in [0.1, 0.15) is 61.4 Å². The highest BCUT2D eigenvalue weighted by Crippen LogP contribution is 2.38. The standard InChI is InChI=1S/C31H43N3/c1-9-33(10-2)27-17-19-29(23(5)21-27)31(25-13-15-26(16-14-25)32(7)8)30-20-18-28(22-24(30)6)34(11-3)12-4/h13-22,31H,9-12H2,1-8H3. The predicted molar refractivity (Wildman–Crippen MR) is 151 cm³/mol. The van der Waals surface area contributed by atoms with Crippen LogP contribution in [0.5, 0.6) is 0 Å². The van der Waals surface area contributed by atoms with E-state index in [0.29, 0.717) is 0 Å². The fourth-order valence-corrected chi connectivity index (χ4v) is 5.03. The van der Waals surface area contributed by atoms with Gasteiger partial charge in [-0.15, -0.1) is 0 Å². The van der Waals surface area contributed by atoms with E-state index in [2.05, 4.69) is 131 Å². The summed E-state index contributed by atoms with van der Waals surface area (Å²) >= 11 is 0. The van der Waals surface area contributed by atoms with Gasteiger partial charge in [0.25, 0.3) is 0 Å². The van der Waals surface area contributed by atoms with Crippen molar-refractivity contribution in [1.29, 1.82) is 0 Å². The van der Waals surface area contributed by atoms with E-state index in [1.165, 1.54) is 44.9 Å². The lowest BCUT2D eigenvalue weighted by atomic mass is 9.81. The van der Waals surface area contributed by atoms with Crippen LogP contribution in [0.25, 0.3) is 0 Å². The van der Waals surface area contributed by atoms with Gasteiger partial charge >= 0.3 is 0 Å². The first-order valence-electron chi connectivity index (χ1n) is 12.8. The number of hydrogen-bond acceptors (Lipinski definition) is 3. The quantitative estimate of drug-likeness (QED) is 0.297. The maximum atomic E-state index is 2.42. The molecular formula is C31H43N3. The van der Waals surface area contributed by atoms with Crippen LogP contribution in [-0.4, -0.2) is 40.3 Å². The molecule has 3 aromatic carbocycles. The smallest absolute Gasteiger partial charge is 0.0368 e. The van der Waals surface area contributed by atoms with E-state index in [1.54, 1.807) is 0 Å². The second-order valence-electron chi connectivity index (χ2n) is 9.35. The van der Waals surface area contributed by atoms with Crippen molar-refractivity contribution in [2.75, 3.05) is 55.0 Å². The summed E-state index contributed by atoms with van der Waals surface area (Å²) in [4.78, 5) is 7.00. The number of rotatable bonds is 10. The predicted octanol–water partition coefficient (Wildman–Crippen LogP) is 7.24. The van der Waals surface area contributed by atoms with E-state index in [4.69, 9.17) is 0 Å². The average molecular weight is 458 g/mol. The molecule has 0 atom stereocenters. The van der Waals surface area contributed by atoms with Crippen molar-refractivity contribution >= 4 is 17.1 Å². The fraction of sp³-hybridized carbons (Fsp3) is 0.419. The molecule has 3 rings (SSSR count). The monoisotopic (exact) mass is 457 g/mol. The third-order valence-electron chi connectivity index (χ3n) is 7.13. The minimum Gasteiger partial charge on any atom is -0.378 e. The van der Waals surface area contributed by atoms with E-state index >= 15 is 0 Å². The third kappa shape index (κ3) is 5.41. The molecule has 0 unspecified atom stereocenters. The fourth-order valence-electron chi connectivity index (χ4n) is 5.03. The minimum absolute atomic E-state index is 0.202. The van der Waals surface area contributed by atoms with Gasteiger partial charge in [-0.05, 0) is 106 Å². The highest BCUT2D eigenvalue weighted by atomic mass is 15.1. The van der Waals surface area contributed by atoms with E-state index < -0.39 is 0 Å². The van der Waals surface area contributed by atoms with Gasteiger partial charge in [0.15, 0.2) is 0 Å². The highest BCUT2D eigenvalue weighted by Gasteiger charge is 2.22. The molecule has 0 radical (unpaired) electrons. The SMILES string of the molecule is CCN(CC)c1ccc(C(c2ccc(N(C)C)cc2)c2ccc(N(CC)CC)cc2C)c(C)c1. The zero-order chi connectivity index (χ0) is 24.8. The lowest BCUT2D eigenvalue weighted by Crippen LogP contribution is -2.22. The molecule has 0 N–H and O–H groups in total. The van der Waals surface area contributed by atoms with Crippen LogP contribution in [0.15, 0.2) is 60.7 Å². The molecule has 3 aromatic rings. The molecule has 0 aliphatic heterocycles. The summed E-state index contributed by atoms with van der Waals surface area (Å²) in [5.41, 5.74) is 10.6. The van der Waals surface area contributed by atoms with Crippen molar-refractivity contribution in [2.45, 2.75) is 47.5 Å². The molecule has 0 amide bonds. The second-order valence-corrected chi connectivity index (χ2v) is 9.35. The summed E-state index contributed by atoms with van der Waals surface area (Å²) in [7, 11) is 4.19. The number of nitrogens with zero attached hydrogens (tertiary/aromatic N) is 3. The van der Waals surface area contributed by atoms with E-state index in [-0.39, 0.29) is 5.92 Å². The third-order valence-corrected chi connectivity index (χ3v) is 7.13. The molecular weight excluding hydrogens is 414 g/mol. The van der Waals surface area contributed by atoms with Crippen molar-refractivity contribution in [3.63, 3.8) is 0 Å². The van der Waals surface area contributed by atoms with Crippen LogP contribution >= 0.6 is 0 Å². The van der Waals surface area contributed by atoms with Gasteiger partial charge in [-0.25, -0.2) is 0 Å². The average Bonchev–Trinajstić information content (AvgIpc) is 2.83. The Morgan fingerprint density at radius 3 is 1.26 bits per heavy atom. The number of benzene rings is 3. The Kier molecular flexibility index (Phi) is 8.66. The summed E-state index contributed by atoms with van der Waals surface area (Å²) in [6, 6.07) is 23.1. The van der Waals surface area contributed by atoms with Crippen LogP contribution in [0.3, 0.4) is 0 Å². The van der Waals surface area contributed by atoms with Crippen molar-refractivity contribution in [1.82, 2.24) is 0 Å². The van der Waals surface area contributed by atoms with Crippen molar-refractivity contribution in [2.24, 2.45) is 0 Å². The lowest BCUT2D eigenvalue weighted by molar-refractivity contribution is 0.859. The number of hydrogen-bond donors (Lipinski definition) is 0.